The van der Waals surface area contributed by atoms with Gasteiger partial charge in [0, 0.05) is 5.69 Å². The lowest BCUT2D eigenvalue weighted by Crippen LogP contribution is -2.25. The standard InChI is InChI=1S/C17H17NO/c1-2-13-7-9-14(10-8-13)12-18-16-6-4-3-5-15(16)11-17(18)19/h3-10H,2,11-12H2,1H3. The van der Waals surface area contributed by atoms with Crippen molar-refractivity contribution in [2.45, 2.75) is 26.3 Å². The highest BCUT2D eigenvalue weighted by atomic mass is 16.2. The van der Waals surface area contributed by atoms with E-state index >= 15 is 0 Å². The zero-order chi connectivity index (χ0) is 13.2. The number of hydrogen-bond acceptors (Lipinski definition) is 1. The van der Waals surface area contributed by atoms with Gasteiger partial charge in [-0.15, -0.1) is 0 Å². The molecule has 0 saturated carbocycles. The number of para-hydroxylation sites is 1. The predicted octanol–water partition coefficient (Wildman–Crippen LogP) is 3.34. The van der Waals surface area contributed by atoms with Crippen molar-refractivity contribution in [3.05, 3.63) is 65.2 Å². The third-order valence-corrected chi connectivity index (χ3v) is 3.70. The van der Waals surface area contributed by atoms with E-state index in [1.54, 1.807) is 0 Å². The number of nitrogens with zero attached hydrogens (tertiary/aromatic N) is 1. The molecular weight excluding hydrogens is 234 g/mol. The third-order valence-electron chi connectivity index (χ3n) is 3.70. The molecule has 0 spiro atoms. The molecule has 0 bridgehead atoms. The first kappa shape index (κ1) is 12.0. The van der Waals surface area contributed by atoms with E-state index < -0.39 is 0 Å². The van der Waals surface area contributed by atoms with E-state index in [0.29, 0.717) is 13.0 Å². The van der Waals surface area contributed by atoms with E-state index in [1.165, 1.54) is 11.1 Å². The summed E-state index contributed by atoms with van der Waals surface area (Å²) < 4.78 is 0. The number of fused-ring (bicyclic) bond motifs is 1. The summed E-state index contributed by atoms with van der Waals surface area (Å²) in [6.07, 6.45) is 1.58. The Labute approximate surface area is 113 Å². The summed E-state index contributed by atoms with van der Waals surface area (Å²) in [5, 5.41) is 0. The molecule has 0 atom stereocenters. The van der Waals surface area contributed by atoms with Crippen LogP contribution in [-0.2, 0) is 24.2 Å². The average Bonchev–Trinajstić information content (AvgIpc) is 2.76. The Morgan fingerprint density at radius 1 is 1.00 bits per heavy atom. The highest BCUT2D eigenvalue weighted by Crippen LogP contribution is 2.29. The average molecular weight is 251 g/mol. The second kappa shape index (κ2) is 4.88. The van der Waals surface area contributed by atoms with Crippen molar-refractivity contribution in [1.29, 1.82) is 0 Å². The van der Waals surface area contributed by atoms with Gasteiger partial charge in [0.05, 0.1) is 13.0 Å². The Hall–Kier alpha value is -2.09. The van der Waals surface area contributed by atoms with Crippen LogP contribution in [0.15, 0.2) is 48.5 Å². The predicted molar refractivity (Wildman–Crippen MR) is 77.2 cm³/mol. The van der Waals surface area contributed by atoms with E-state index in [4.69, 9.17) is 0 Å². The number of hydrogen-bond donors (Lipinski definition) is 0. The van der Waals surface area contributed by atoms with Crippen LogP contribution < -0.4 is 4.90 Å². The number of amides is 1. The molecule has 0 unspecified atom stereocenters. The SMILES string of the molecule is CCc1ccc(CN2C(=O)Cc3ccccc32)cc1. The molecule has 2 aromatic rings. The highest BCUT2D eigenvalue weighted by molar-refractivity contribution is 6.01. The van der Waals surface area contributed by atoms with E-state index in [1.807, 2.05) is 29.2 Å². The minimum atomic E-state index is 0.195. The normalized spacial score (nSPS) is 13.7. The van der Waals surface area contributed by atoms with Gasteiger partial charge in [0.15, 0.2) is 0 Å². The lowest BCUT2D eigenvalue weighted by Gasteiger charge is -2.17. The summed E-state index contributed by atoms with van der Waals surface area (Å²) in [5.41, 5.74) is 4.71. The molecular formula is C17H17NO. The Kier molecular flexibility index (Phi) is 3.08. The van der Waals surface area contributed by atoms with E-state index in [-0.39, 0.29) is 5.91 Å². The Balaban J connectivity index is 1.84. The van der Waals surface area contributed by atoms with Crippen molar-refractivity contribution in [1.82, 2.24) is 0 Å². The molecule has 1 aliphatic rings. The van der Waals surface area contributed by atoms with Crippen molar-refractivity contribution < 1.29 is 4.79 Å². The molecule has 1 heterocycles. The summed E-state index contributed by atoms with van der Waals surface area (Å²) >= 11 is 0. The molecule has 2 heteroatoms. The first-order chi connectivity index (χ1) is 9.28. The molecule has 0 saturated heterocycles. The van der Waals surface area contributed by atoms with Crippen LogP contribution in [0.1, 0.15) is 23.6 Å². The minimum Gasteiger partial charge on any atom is -0.307 e. The second-order valence-electron chi connectivity index (χ2n) is 4.96. The Bertz CT molecular complexity index is 601. The fraction of sp³-hybridized carbons (Fsp3) is 0.235. The molecule has 0 aromatic heterocycles. The molecule has 0 radical (unpaired) electrons. The lowest BCUT2D eigenvalue weighted by molar-refractivity contribution is -0.117. The third kappa shape index (κ3) is 2.26. The molecule has 3 rings (SSSR count). The van der Waals surface area contributed by atoms with Gasteiger partial charge in [-0.1, -0.05) is 49.4 Å². The molecule has 2 aromatic carbocycles. The maximum atomic E-state index is 12.1. The van der Waals surface area contributed by atoms with Crippen LogP contribution in [0.2, 0.25) is 0 Å². The van der Waals surface area contributed by atoms with Crippen molar-refractivity contribution in [2.75, 3.05) is 4.90 Å². The van der Waals surface area contributed by atoms with Crippen LogP contribution in [0, 0.1) is 0 Å². The van der Waals surface area contributed by atoms with Crippen molar-refractivity contribution in [3.8, 4) is 0 Å². The number of carbonyl (C=O) groups is 1. The fourth-order valence-corrected chi connectivity index (χ4v) is 2.55. The lowest BCUT2D eigenvalue weighted by atomic mass is 10.1. The largest absolute Gasteiger partial charge is 0.307 e. The summed E-state index contributed by atoms with van der Waals surface area (Å²) in [6, 6.07) is 16.6. The van der Waals surface area contributed by atoms with Gasteiger partial charge in [0.25, 0.3) is 0 Å². The zero-order valence-corrected chi connectivity index (χ0v) is 11.1. The summed E-state index contributed by atoms with van der Waals surface area (Å²) in [5.74, 6) is 0.195. The molecule has 96 valence electrons. The second-order valence-corrected chi connectivity index (χ2v) is 4.96. The number of benzene rings is 2. The van der Waals surface area contributed by atoms with Crippen LogP contribution in [0.4, 0.5) is 5.69 Å². The van der Waals surface area contributed by atoms with E-state index in [0.717, 1.165) is 17.7 Å². The molecule has 0 aliphatic carbocycles. The molecule has 2 nitrogen and oxygen atoms in total. The molecule has 1 aliphatic heterocycles. The minimum absolute atomic E-state index is 0.195. The number of rotatable bonds is 3. The highest BCUT2D eigenvalue weighted by Gasteiger charge is 2.26. The first-order valence-electron chi connectivity index (χ1n) is 6.74. The van der Waals surface area contributed by atoms with Crippen LogP contribution in [0.3, 0.4) is 0 Å². The van der Waals surface area contributed by atoms with E-state index in [9.17, 15) is 4.79 Å². The maximum Gasteiger partial charge on any atom is 0.231 e. The smallest absolute Gasteiger partial charge is 0.231 e. The van der Waals surface area contributed by atoms with Gasteiger partial charge in [-0.3, -0.25) is 4.79 Å². The van der Waals surface area contributed by atoms with Crippen LogP contribution in [0.5, 0.6) is 0 Å². The summed E-state index contributed by atoms with van der Waals surface area (Å²) in [6.45, 7) is 2.81. The quantitative estimate of drug-likeness (QED) is 0.819. The first-order valence-corrected chi connectivity index (χ1v) is 6.74. The molecule has 19 heavy (non-hydrogen) atoms. The van der Waals surface area contributed by atoms with Crippen LogP contribution >= 0.6 is 0 Å². The fourth-order valence-electron chi connectivity index (χ4n) is 2.55. The van der Waals surface area contributed by atoms with Crippen molar-refractivity contribution in [2.24, 2.45) is 0 Å². The topological polar surface area (TPSA) is 20.3 Å². The molecule has 0 fully saturated rings. The maximum absolute atomic E-state index is 12.1. The van der Waals surface area contributed by atoms with Crippen molar-refractivity contribution >= 4 is 11.6 Å². The van der Waals surface area contributed by atoms with Gasteiger partial charge >= 0.3 is 0 Å². The Morgan fingerprint density at radius 3 is 2.42 bits per heavy atom. The summed E-state index contributed by atoms with van der Waals surface area (Å²) in [4.78, 5) is 14.0. The van der Waals surface area contributed by atoms with Gasteiger partial charge in [0.2, 0.25) is 5.91 Å². The van der Waals surface area contributed by atoms with E-state index in [2.05, 4.69) is 31.2 Å². The van der Waals surface area contributed by atoms with Gasteiger partial charge < -0.3 is 4.90 Å². The number of anilines is 1. The number of carbonyl (C=O) groups excluding carboxylic acids is 1. The van der Waals surface area contributed by atoms with Crippen LogP contribution in [0.25, 0.3) is 0 Å². The van der Waals surface area contributed by atoms with Gasteiger partial charge in [-0.25, -0.2) is 0 Å². The summed E-state index contributed by atoms with van der Waals surface area (Å²) in [7, 11) is 0. The van der Waals surface area contributed by atoms with Gasteiger partial charge in [0.1, 0.15) is 0 Å². The number of aryl methyl sites for hydroxylation is 1. The van der Waals surface area contributed by atoms with Crippen LogP contribution in [-0.4, -0.2) is 5.91 Å². The van der Waals surface area contributed by atoms with Gasteiger partial charge in [-0.05, 0) is 29.2 Å². The van der Waals surface area contributed by atoms with Gasteiger partial charge in [-0.2, -0.15) is 0 Å². The monoisotopic (exact) mass is 251 g/mol. The van der Waals surface area contributed by atoms with Crippen molar-refractivity contribution in [3.63, 3.8) is 0 Å². The molecule has 0 N–H and O–H groups in total. The molecule has 1 amide bonds. The Morgan fingerprint density at radius 2 is 1.68 bits per heavy atom. The zero-order valence-electron chi connectivity index (χ0n) is 11.1.